The van der Waals surface area contributed by atoms with Crippen LogP contribution < -0.4 is 4.90 Å². The number of hydrogen-bond donors (Lipinski definition) is 0. The minimum atomic E-state index is -0.534. The lowest BCUT2D eigenvalue weighted by Crippen LogP contribution is -2.29. The highest BCUT2D eigenvalue weighted by atomic mass is 35.5. The Morgan fingerprint density at radius 1 is 1.30 bits per heavy atom. The van der Waals surface area contributed by atoms with E-state index in [0.29, 0.717) is 12.1 Å². The summed E-state index contributed by atoms with van der Waals surface area (Å²) < 4.78 is 18.9. The number of aryl methyl sites for hydroxylation is 1. The molecule has 23 heavy (non-hydrogen) atoms. The van der Waals surface area contributed by atoms with E-state index in [1.54, 1.807) is 12.1 Å². The number of halogens is 2. The lowest BCUT2D eigenvalue weighted by molar-refractivity contribution is 0.0600. The quantitative estimate of drug-likeness (QED) is 0.788. The van der Waals surface area contributed by atoms with Gasteiger partial charge in [-0.25, -0.2) is 9.18 Å². The summed E-state index contributed by atoms with van der Waals surface area (Å²) in [4.78, 5) is 13.6. The molecule has 0 bridgehead atoms. The second kappa shape index (κ2) is 6.59. The summed E-state index contributed by atoms with van der Waals surface area (Å²) in [6.45, 7) is 1.33. The van der Waals surface area contributed by atoms with E-state index in [1.165, 1.54) is 18.7 Å². The second-order valence-corrected chi connectivity index (χ2v) is 6.03. The van der Waals surface area contributed by atoms with Crippen molar-refractivity contribution in [2.24, 2.45) is 0 Å². The summed E-state index contributed by atoms with van der Waals surface area (Å²) in [6, 6.07) is 10.3. The van der Waals surface area contributed by atoms with E-state index in [1.807, 2.05) is 18.2 Å². The van der Waals surface area contributed by atoms with E-state index in [0.717, 1.165) is 30.1 Å². The Morgan fingerprint density at radius 2 is 2.13 bits per heavy atom. The van der Waals surface area contributed by atoms with Gasteiger partial charge < -0.3 is 9.64 Å². The highest BCUT2D eigenvalue weighted by molar-refractivity contribution is 6.30. The van der Waals surface area contributed by atoms with Gasteiger partial charge in [0.15, 0.2) is 0 Å². The predicted octanol–water partition coefficient (Wildman–Crippen LogP) is 4.22. The Hall–Kier alpha value is -2.07. The van der Waals surface area contributed by atoms with Gasteiger partial charge >= 0.3 is 5.97 Å². The Labute approximate surface area is 139 Å². The lowest BCUT2D eigenvalue weighted by atomic mass is 10.0. The van der Waals surface area contributed by atoms with Crippen LogP contribution in [-0.4, -0.2) is 19.6 Å². The van der Waals surface area contributed by atoms with Crippen molar-refractivity contribution in [3.63, 3.8) is 0 Å². The fourth-order valence-electron chi connectivity index (χ4n) is 2.93. The maximum Gasteiger partial charge on any atom is 0.337 e. The van der Waals surface area contributed by atoms with Crippen molar-refractivity contribution in [3.05, 3.63) is 63.9 Å². The molecule has 0 spiro atoms. The zero-order valence-electron chi connectivity index (χ0n) is 12.8. The normalized spacial score (nSPS) is 13.6. The summed E-state index contributed by atoms with van der Waals surface area (Å²) in [7, 11) is 1.28. The van der Waals surface area contributed by atoms with Crippen molar-refractivity contribution < 1.29 is 13.9 Å². The van der Waals surface area contributed by atoms with Crippen LogP contribution >= 0.6 is 11.6 Å². The van der Waals surface area contributed by atoms with Crippen LogP contribution in [0.2, 0.25) is 5.02 Å². The van der Waals surface area contributed by atoms with Crippen molar-refractivity contribution in [3.8, 4) is 0 Å². The fraction of sp³-hybridized carbons (Fsp3) is 0.278. The van der Waals surface area contributed by atoms with Gasteiger partial charge in [-0.1, -0.05) is 17.7 Å². The van der Waals surface area contributed by atoms with E-state index >= 15 is 0 Å². The molecule has 0 N–H and O–H groups in total. The molecular formula is C18H17ClFNO2. The standard InChI is InChI=1S/C18H17ClFNO2/c1-23-18(22)13-4-5-14(16(20)10-13)11-21-8-2-3-12-9-15(19)6-7-17(12)21/h4-7,9-10H,2-3,8,11H2,1H3. The minimum absolute atomic E-state index is 0.222. The average Bonchev–Trinajstić information content (AvgIpc) is 2.55. The molecule has 5 heteroatoms. The molecule has 1 aliphatic rings. The molecule has 1 heterocycles. The van der Waals surface area contributed by atoms with Crippen LogP contribution in [0.15, 0.2) is 36.4 Å². The smallest absolute Gasteiger partial charge is 0.337 e. The first-order valence-electron chi connectivity index (χ1n) is 7.48. The molecule has 0 amide bonds. The number of benzene rings is 2. The maximum absolute atomic E-state index is 14.3. The zero-order valence-corrected chi connectivity index (χ0v) is 13.6. The SMILES string of the molecule is COC(=O)c1ccc(CN2CCCc3cc(Cl)ccc32)c(F)c1. The Kier molecular flexibility index (Phi) is 4.53. The van der Waals surface area contributed by atoms with Gasteiger partial charge in [-0.3, -0.25) is 0 Å². The topological polar surface area (TPSA) is 29.5 Å². The van der Waals surface area contributed by atoms with Crippen LogP contribution in [0.5, 0.6) is 0 Å². The zero-order chi connectivity index (χ0) is 16.4. The molecule has 0 atom stereocenters. The van der Waals surface area contributed by atoms with Crippen molar-refractivity contribution in [1.29, 1.82) is 0 Å². The van der Waals surface area contributed by atoms with Crippen LogP contribution in [0, 0.1) is 5.82 Å². The highest BCUT2D eigenvalue weighted by Crippen LogP contribution is 2.31. The van der Waals surface area contributed by atoms with Gasteiger partial charge in [0.25, 0.3) is 0 Å². The van der Waals surface area contributed by atoms with Gasteiger partial charge in [-0.15, -0.1) is 0 Å². The summed E-state index contributed by atoms with van der Waals surface area (Å²) in [5.74, 6) is -0.928. The van der Waals surface area contributed by atoms with Crippen molar-refractivity contribution in [2.75, 3.05) is 18.6 Å². The predicted molar refractivity (Wildman–Crippen MR) is 88.6 cm³/mol. The number of carbonyl (C=O) groups is 1. The van der Waals surface area contributed by atoms with Crippen molar-refractivity contribution in [1.82, 2.24) is 0 Å². The summed E-state index contributed by atoms with van der Waals surface area (Å²) in [5, 5.41) is 0.721. The summed E-state index contributed by atoms with van der Waals surface area (Å²) in [5.41, 5.74) is 3.06. The number of rotatable bonds is 3. The second-order valence-electron chi connectivity index (χ2n) is 5.60. The molecule has 0 unspecified atom stereocenters. The minimum Gasteiger partial charge on any atom is -0.465 e. The summed E-state index contributed by atoms with van der Waals surface area (Å²) >= 11 is 6.05. The van der Waals surface area contributed by atoms with E-state index in [-0.39, 0.29) is 5.56 Å². The third-order valence-electron chi connectivity index (χ3n) is 4.09. The molecule has 0 radical (unpaired) electrons. The van der Waals surface area contributed by atoms with Gasteiger partial charge in [0.05, 0.1) is 12.7 Å². The van der Waals surface area contributed by atoms with E-state index in [9.17, 15) is 9.18 Å². The number of carbonyl (C=O) groups excluding carboxylic acids is 1. The van der Waals surface area contributed by atoms with Crippen LogP contribution in [0.4, 0.5) is 10.1 Å². The van der Waals surface area contributed by atoms with Crippen molar-refractivity contribution in [2.45, 2.75) is 19.4 Å². The number of methoxy groups -OCH3 is 1. The van der Waals surface area contributed by atoms with Gasteiger partial charge in [0, 0.05) is 29.4 Å². The molecule has 0 fully saturated rings. The molecule has 3 rings (SSSR count). The molecule has 2 aromatic rings. The van der Waals surface area contributed by atoms with E-state index in [2.05, 4.69) is 9.64 Å². The van der Waals surface area contributed by atoms with Crippen LogP contribution in [-0.2, 0) is 17.7 Å². The molecular weight excluding hydrogens is 317 g/mol. The molecule has 120 valence electrons. The average molecular weight is 334 g/mol. The molecule has 0 aromatic heterocycles. The Balaban J connectivity index is 1.85. The number of nitrogens with zero attached hydrogens (tertiary/aromatic N) is 1. The van der Waals surface area contributed by atoms with Crippen molar-refractivity contribution >= 4 is 23.3 Å². The first-order chi connectivity index (χ1) is 11.1. The van der Waals surface area contributed by atoms with Gasteiger partial charge in [0.1, 0.15) is 5.82 Å². The number of esters is 1. The lowest BCUT2D eigenvalue weighted by Gasteiger charge is -2.31. The molecule has 3 nitrogen and oxygen atoms in total. The fourth-order valence-corrected chi connectivity index (χ4v) is 3.13. The number of anilines is 1. The first-order valence-corrected chi connectivity index (χ1v) is 7.86. The Morgan fingerprint density at radius 3 is 2.87 bits per heavy atom. The largest absolute Gasteiger partial charge is 0.465 e. The van der Waals surface area contributed by atoms with Crippen LogP contribution in [0.1, 0.15) is 27.9 Å². The molecule has 0 aliphatic carbocycles. The highest BCUT2D eigenvalue weighted by Gasteiger charge is 2.19. The Bertz CT molecular complexity index is 748. The van der Waals surface area contributed by atoms with Crippen LogP contribution in [0.25, 0.3) is 0 Å². The molecule has 2 aromatic carbocycles. The van der Waals surface area contributed by atoms with Gasteiger partial charge in [-0.05, 0) is 48.7 Å². The molecule has 0 saturated heterocycles. The third-order valence-corrected chi connectivity index (χ3v) is 4.33. The van der Waals surface area contributed by atoms with Crippen LogP contribution in [0.3, 0.4) is 0 Å². The van der Waals surface area contributed by atoms with E-state index < -0.39 is 11.8 Å². The third kappa shape index (κ3) is 3.32. The number of ether oxygens (including phenoxy) is 1. The van der Waals surface area contributed by atoms with E-state index in [4.69, 9.17) is 11.6 Å². The summed E-state index contributed by atoms with van der Waals surface area (Å²) in [6.07, 6.45) is 1.99. The van der Waals surface area contributed by atoms with Gasteiger partial charge in [-0.2, -0.15) is 0 Å². The molecule has 0 saturated carbocycles. The maximum atomic E-state index is 14.3. The first kappa shape index (κ1) is 15.8. The number of fused-ring (bicyclic) bond motifs is 1. The monoisotopic (exact) mass is 333 g/mol. The van der Waals surface area contributed by atoms with Gasteiger partial charge in [0.2, 0.25) is 0 Å². The molecule has 1 aliphatic heterocycles. The number of hydrogen-bond acceptors (Lipinski definition) is 3.